The van der Waals surface area contributed by atoms with Gasteiger partial charge in [-0.25, -0.2) is 9.69 Å². The molecular weight excluding hydrogens is 856 g/mol. The number of aliphatic hydroxyl groups excluding tert-OH is 1. The minimum absolute atomic E-state index is 0.0187. The summed E-state index contributed by atoms with van der Waals surface area (Å²) < 4.78 is 18.5. The molecule has 0 amide bonds. The summed E-state index contributed by atoms with van der Waals surface area (Å²) in [5, 5.41) is 52.3. The van der Waals surface area contributed by atoms with Crippen LogP contribution in [0.25, 0.3) is 32.6 Å². The largest absolute Gasteiger partial charge is 0.418 e. The predicted octanol–water partition coefficient (Wildman–Crippen LogP) is 12.3. The molecule has 2 aromatic heterocycles. The lowest BCUT2D eigenvalue weighted by Crippen LogP contribution is -2.45. The van der Waals surface area contributed by atoms with Gasteiger partial charge in [-0.3, -0.25) is 0 Å². The minimum Gasteiger partial charge on any atom is -0.418 e. The average molecular weight is 902 g/mol. The van der Waals surface area contributed by atoms with E-state index in [1.54, 1.807) is 80.6 Å². The van der Waals surface area contributed by atoms with Gasteiger partial charge in [0.15, 0.2) is 8.32 Å². The van der Waals surface area contributed by atoms with E-state index in [4.69, 9.17) is 60.1 Å². The van der Waals surface area contributed by atoms with E-state index in [0.29, 0.717) is 61.1 Å². The van der Waals surface area contributed by atoms with Gasteiger partial charge in [0.1, 0.15) is 12.1 Å². The van der Waals surface area contributed by atoms with E-state index in [-0.39, 0.29) is 22.9 Å². The Morgan fingerprint density at radius 3 is 1.46 bits per heavy atom. The van der Waals surface area contributed by atoms with Gasteiger partial charge < -0.3 is 29.0 Å². The summed E-state index contributed by atoms with van der Waals surface area (Å²) in [7, 11) is -2.11. The van der Waals surface area contributed by atoms with Crippen molar-refractivity contribution in [1.82, 2.24) is 20.4 Å². The summed E-state index contributed by atoms with van der Waals surface area (Å²) in [5.74, 6) is 1.22. The van der Waals surface area contributed by atoms with Crippen molar-refractivity contribution in [2.45, 2.75) is 90.9 Å². The Balaban J connectivity index is 0.000000243. The maximum atomic E-state index is 10.2. The molecular formula is C46H46Cl2N10O4Si. The van der Waals surface area contributed by atoms with E-state index in [2.05, 4.69) is 86.7 Å². The molecule has 0 radical (unpaired) electrons. The van der Waals surface area contributed by atoms with Gasteiger partial charge in [0.05, 0.1) is 58.7 Å². The van der Waals surface area contributed by atoms with Gasteiger partial charge in [0, 0.05) is 22.5 Å². The maximum Gasteiger partial charge on any atom is 0.247 e. The molecule has 0 aliphatic heterocycles. The number of hydrogen-bond acceptors (Lipinski definition) is 12. The summed E-state index contributed by atoms with van der Waals surface area (Å²) in [6.45, 7) is 32.7. The summed E-state index contributed by atoms with van der Waals surface area (Å²) >= 11 is 12.7. The molecule has 0 aliphatic rings. The van der Waals surface area contributed by atoms with Crippen LogP contribution in [0.5, 0.6) is 0 Å². The highest BCUT2D eigenvalue weighted by Gasteiger charge is 2.41. The van der Waals surface area contributed by atoms with Gasteiger partial charge in [-0.05, 0) is 118 Å². The second kappa shape index (κ2) is 20.1. The number of aliphatic hydroxyl groups is 1. The summed E-state index contributed by atoms with van der Waals surface area (Å²) in [6.07, 6.45) is -1.14. The Morgan fingerprint density at radius 2 is 1.10 bits per heavy atom. The molecule has 14 nitrogen and oxygen atoms in total. The number of anilines is 2. The predicted molar refractivity (Wildman–Crippen MR) is 246 cm³/mol. The van der Waals surface area contributed by atoms with Crippen LogP contribution in [0.3, 0.4) is 0 Å². The molecule has 4 aromatic carbocycles. The van der Waals surface area contributed by atoms with Gasteiger partial charge in [0.2, 0.25) is 34.9 Å². The zero-order chi connectivity index (χ0) is 46.2. The van der Waals surface area contributed by atoms with E-state index >= 15 is 0 Å². The van der Waals surface area contributed by atoms with Crippen LogP contribution < -0.4 is 10.6 Å². The summed E-state index contributed by atoms with van der Waals surface area (Å²) in [4.78, 5) is 6.85. The van der Waals surface area contributed by atoms with Crippen molar-refractivity contribution in [2.75, 3.05) is 10.6 Å². The molecule has 6 aromatic rings. The molecule has 0 saturated heterocycles. The highest BCUT2D eigenvalue weighted by atomic mass is 35.5. The lowest BCUT2D eigenvalue weighted by Gasteiger charge is -2.40. The number of halogens is 2. The first-order valence-electron chi connectivity index (χ1n) is 19.7. The molecule has 0 aliphatic carbocycles. The van der Waals surface area contributed by atoms with E-state index < -0.39 is 26.5 Å². The fraction of sp³-hybridized carbons (Fsp3) is 0.304. The monoisotopic (exact) mass is 900 g/mol. The quantitative estimate of drug-likeness (QED) is 0.0780. The molecule has 4 atom stereocenters. The zero-order valence-electron chi connectivity index (χ0n) is 36.2. The van der Waals surface area contributed by atoms with Crippen molar-refractivity contribution in [2.24, 2.45) is 0 Å². The van der Waals surface area contributed by atoms with Crippen LogP contribution in [-0.2, 0) is 4.43 Å². The third-order valence-electron chi connectivity index (χ3n) is 10.8. The molecule has 0 unspecified atom stereocenters. The van der Waals surface area contributed by atoms with Crippen LogP contribution in [0.1, 0.15) is 80.7 Å². The highest BCUT2D eigenvalue weighted by molar-refractivity contribution is 6.74. The normalized spacial score (nSPS) is 13.1. The van der Waals surface area contributed by atoms with Crippen molar-refractivity contribution in [3.63, 3.8) is 0 Å². The topological polar surface area (TPSA) is 188 Å². The number of hydrogen-bond donors (Lipinski definition) is 3. The molecule has 0 saturated carbocycles. The number of nitrogens with one attached hydrogen (secondary N) is 2. The van der Waals surface area contributed by atoms with Crippen molar-refractivity contribution in [3.8, 4) is 35.0 Å². The van der Waals surface area contributed by atoms with Crippen molar-refractivity contribution >= 4 is 54.3 Å². The molecule has 0 bridgehead atoms. The first-order chi connectivity index (χ1) is 29.8. The van der Waals surface area contributed by atoms with Crippen LogP contribution >= 0.6 is 23.2 Å². The van der Waals surface area contributed by atoms with Gasteiger partial charge in [0.25, 0.3) is 0 Å². The Kier molecular flexibility index (Phi) is 15.1. The maximum absolute atomic E-state index is 10.2. The molecule has 322 valence electrons. The van der Waals surface area contributed by atoms with E-state index in [1.165, 1.54) is 0 Å². The van der Waals surface area contributed by atoms with Crippen LogP contribution in [0, 0.1) is 49.7 Å². The number of aromatic nitrogens is 4. The number of nitrogens with zero attached hydrogens (tertiary/aromatic N) is 8. The van der Waals surface area contributed by atoms with Gasteiger partial charge in [-0.2, -0.15) is 10.5 Å². The van der Waals surface area contributed by atoms with E-state index in [0.717, 1.165) is 16.8 Å². The Hall–Kier alpha value is -6.56. The number of nitriles is 2. The third-order valence-corrected chi connectivity index (χ3v) is 16.3. The molecule has 0 spiro atoms. The Labute approximate surface area is 378 Å². The molecule has 6 rings (SSSR count). The zero-order valence-corrected chi connectivity index (χ0v) is 38.8. The fourth-order valence-corrected chi connectivity index (χ4v) is 7.80. The first-order valence-corrected chi connectivity index (χ1v) is 23.4. The SMILES string of the molecule is [C-]#[N+]c1ccc(N[C@@H](c2nnc(-c3ccc(C#N)cc3)o2)[C@H](C)O)c(C)c1Cl.[C-]#[N+]c1ccc(N[C@@H](c2nnc(-c3ccc(C#N)cc3)o2)[C@H](C)O[Si](C)(C)C(C)(C)C)c(C)c1Cl. The number of rotatable bonds is 12. The van der Waals surface area contributed by atoms with Crippen molar-refractivity contribution < 1.29 is 18.4 Å². The Morgan fingerprint density at radius 1 is 0.698 bits per heavy atom. The van der Waals surface area contributed by atoms with Gasteiger partial charge >= 0.3 is 0 Å². The standard InChI is InChI=1S/C26H30ClN5O2Si.C20H16ClN5O2/c1-16-20(13-14-21(29-6)22(16)27)30-23(17(2)34-35(7,8)26(3,4)5)25-32-31-24(33-25)19-11-9-18(15-28)10-12-19;1-11-15(8-9-16(23-3)17(11)21)24-18(12(2)27)20-26-25-19(28-20)14-6-4-13(10-22)5-7-14/h9-14,17,23,30H,1-5,7-8H3;4-9,12,18,24,27H,1-2H3/t17-,23+;12-,18+/m00/s1. The molecule has 63 heavy (non-hydrogen) atoms. The second-order valence-corrected chi connectivity index (χ2v) is 21.7. The van der Waals surface area contributed by atoms with Crippen molar-refractivity contribution in [3.05, 3.63) is 140 Å². The summed E-state index contributed by atoms with van der Waals surface area (Å²) in [5.41, 5.74) is 6.10. The van der Waals surface area contributed by atoms with E-state index in [9.17, 15) is 5.11 Å². The first kappa shape index (κ1) is 47.5. The minimum atomic E-state index is -2.11. The smallest absolute Gasteiger partial charge is 0.247 e. The van der Waals surface area contributed by atoms with Gasteiger partial charge in [-0.15, -0.1) is 20.4 Å². The van der Waals surface area contributed by atoms with Gasteiger partial charge in [-0.1, -0.05) is 56.1 Å². The molecule has 3 N–H and O–H groups in total. The van der Waals surface area contributed by atoms with Crippen LogP contribution in [-0.4, -0.2) is 46.0 Å². The van der Waals surface area contributed by atoms with Crippen molar-refractivity contribution in [1.29, 1.82) is 10.5 Å². The number of benzene rings is 4. The lowest BCUT2D eigenvalue weighted by atomic mass is 10.1. The van der Waals surface area contributed by atoms with Crippen LogP contribution in [0.2, 0.25) is 28.2 Å². The Bertz CT molecular complexity index is 2740. The van der Waals surface area contributed by atoms with E-state index in [1.807, 2.05) is 19.9 Å². The average Bonchev–Trinajstić information content (AvgIpc) is 3.96. The highest BCUT2D eigenvalue weighted by Crippen LogP contribution is 2.41. The third kappa shape index (κ3) is 11.1. The lowest BCUT2D eigenvalue weighted by molar-refractivity contribution is 0.159. The molecule has 2 heterocycles. The fourth-order valence-electron chi connectivity index (χ4n) is 5.97. The summed E-state index contributed by atoms with van der Waals surface area (Å²) in [6, 6.07) is 23.6. The van der Waals surface area contributed by atoms with Crippen LogP contribution in [0.4, 0.5) is 22.7 Å². The van der Waals surface area contributed by atoms with Crippen LogP contribution in [0.15, 0.2) is 81.6 Å². The molecule has 17 heteroatoms. The molecule has 0 fully saturated rings. The second-order valence-electron chi connectivity index (χ2n) is 16.2.